The molecule has 0 aliphatic heterocycles. The Bertz CT molecular complexity index is 752. The van der Waals surface area contributed by atoms with Gasteiger partial charge in [-0.1, -0.05) is 11.6 Å². The van der Waals surface area contributed by atoms with Gasteiger partial charge in [0.15, 0.2) is 11.5 Å². The maximum absolute atomic E-state index is 12.1. The number of carbonyl (C=O) groups is 1. The van der Waals surface area contributed by atoms with Gasteiger partial charge in [-0.25, -0.2) is 0 Å². The van der Waals surface area contributed by atoms with Crippen LogP contribution < -0.4 is 11.2 Å². The van der Waals surface area contributed by atoms with Crippen molar-refractivity contribution in [3.8, 4) is 11.5 Å². The molecule has 19 heavy (non-hydrogen) atoms. The van der Waals surface area contributed by atoms with Gasteiger partial charge in [-0.05, 0) is 6.92 Å². The molecule has 0 aliphatic carbocycles. The van der Waals surface area contributed by atoms with Crippen LogP contribution in [0.15, 0.2) is 17.1 Å². The first-order chi connectivity index (χ1) is 8.88. The lowest BCUT2D eigenvalue weighted by Gasteiger charge is -2.12. The topological polar surface area (TPSA) is 106 Å². The molecule has 0 spiro atoms. The molecule has 1 heterocycles. The van der Waals surface area contributed by atoms with Crippen LogP contribution >= 0.6 is 11.6 Å². The third kappa shape index (κ3) is 1.90. The van der Waals surface area contributed by atoms with Gasteiger partial charge in [0.1, 0.15) is 5.56 Å². The molecule has 7 heteroatoms. The number of benzene rings is 1. The van der Waals surface area contributed by atoms with E-state index >= 15 is 0 Å². The molecule has 0 unspecified atom stereocenters. The highest BCUT2D eigenvalue weighted by atomic mass is 35.5. The molecule has 2 rings (SSSR count). The SMILES string of the molecule is CCn1cc(C(N)=O)c(=O)c2c(Cl)c(O)c(O)cc21. The Morgan fingerprint density at radius 3 is 2.63 bits per heavy atom. The molecule has 0 fully saturated rings. The highest BCUT2D eigenvalue weighted by molar-refractivity contribution is 6.37. The second-order valence-corrected chi connectivity index (χ2v) is 4.35. The number of rotatable bonds is 2. The van der Waals surface area contributed by atoms with Crippen molar-refractivity contribution < 1.29 is 15.0 Å². The number of hydrogen-bond donors (Lipinski definition) is 3. The monoisotopic (exact) mass is 282 g/mol. The fourth-order valence-corrected chi connectivity index (χ4v) is 2.19. The van der Waals surface area contributed by atoms with E-state index in [1.165, 1.54) is 12.3 Å². The predicted octanol–water partition coefficient (Wildman–Crippen LogP) is 1.18. The van der Waals surface area contributed by atoms with Crippen molar-refractivity contribution in [2.75, 3.05) is 0 Å². The molecule has 1 aromatic carbocycles. The van der Waals surface area contributed by atoms with E-state index in [-0.39, 0.29) is 16.0 Å². The molecule has 4 N–H and O–H groups in total. The van der Waals surface area contributed by atoms with E-state index in [9.17, 15) is 19.8 Å². The first-order valence-corrected chi connectivity index (χ1v) is 5.83. The Balaban J connectivity index is 3.09. The third-order valence-electron chi connectivity index (χ3n) is 2.87. The van der Waals surface area contributed by atoms with Gasteiger partial charge < -0.3 is 20.5 Å². The van der Waals surface area contributed by atoms with Crippen molar-refractivity contribution >= 4 is 28.4 Å². The largest absolute Gasteiger partial charge is 0.504 e. The number of halogens is 1. The van der Waals surface area contributed by atoms with Crippen LogP contribution in [0.1, 0.15) is 17.3 Å². The normalized spacial score (nSPS) is 10.8. The van der Waals surface area contributed by atoms with Crippen LogP contribution in [0, 0.1) is 0 Å². The van der Waals surface area contributed by atoms with Crippen LogP contribution in [0.2, 0.25) is 5.02 Å². The number of aromatic nitrogens is 1. The van der Waals surface area contributed by atoms with E-state index in [0.717, 1.165) is 0 Å². The summed E-state index contributed by atoms with van der Waals surface area (Å²) in [5.41, 5.74) is 4.56. The molecule has 0 aliphatic rings. The Kier molecular flexibility index (Phi) is 3.11. The number of hydrogen-bond acceptors (Lipinski definition) is 4. The van der Waals surface area contributed by atoms with Gasteiger partial charge >= 0.3 is 0 Å². The van der Waals surface area contributed by atoms with Gasteiger partial charge in [0.05, 0.1) is 15.9 Å². The van der Waals surface area contributed by atoms with Crippen LogP contribution in [-0.4, -0.2) is 20.7 Å². The summed E-state index contributed by atoms with van der Waals surface area (Å²) in [6.07, 6.45) is 1.31. The summed E-state index contributed by atoms with van der Waals surface area (Å²) < 4.78 is 1.54. The summed E-state index contributed by atoms with van der Waals surface area (Å²) in [6.45, 7) is 2.21. The third-order valence-corrected chi connectivity index (χ3v) is 3.24. The number of pyridine rings is 1. The second-order valence-electron chi connectivity index (χ2n) is 3.97. The predicted molar refractivity (Wildman–Crippen MR) is 70.7 cm³/mol. The van der Waals surface area contributed by atoms with E-state index in [4.69, 9.17) is 17.3 Å². The number of aryl methyl sites for hydroxylation is 1. The van der Waals surface area contributed by atoms with Gasteiger partial charge in [-0.2, -0.15) is 0 Å². The molecule has 0 atom stereocenters. The molecule has 0 saturated heterocycles. The zero-order valence-corrected chi connectivity index (χ0v) is 10.7. The number of fused-ring (bicyclic) bond motifs is 1. The highest BCUT2D eigenvalue weighted by Crippen LogP contribution is 2.38. The van der Waals surface area contributed by atoms with E-state index in [1.54, 1.807) is 11.5 Å². The van der Waals surface area contributed by atoms with Crippen molar-refractivity contribution in [3.05, 3.63) is 33.1 Å². The van der Waals surface area contributed by atoms with Gasteiger partial charge in [-0.3, -0.25) is 9.59 Å². The average molecular weight is 283 g/mol. The van der Waals surface area contributed by atoms with E-state index in [2.05, 4.69) is 0 Å². The Morgan fingerprint density at radius 1 is 1.47 bits per heavy atom. The number of amides is 1. The average Bonchev–Trinajstić information content (AvgIpc) is 2.35. The molecular weight excluding hydrogens is 272 g/mol. The molecule has 100 valence electrons. The minimum Gasteiger partial charge on any atom is -0.504 e. The number of phenols is 2. The number of primary amides is 1. The quantitative estimate of drug-likeness (QED) is 0.719. The summed E-state index contributed by atoms with van der Waals surface area (Å²) in [5, 5.41) is 18.8. The molecule has 1 amide bonds. The van der Waals surface area contributed by atoms with Crippen LogP contribution in [-0.2, 0) is 6.54 Å². The molecule has 1 aromatic heterocycles. The molecule has 0 radical (unpaired) electrons. The van der Waals surface area contributed by atoms with Crippen LogP contribution in [0.25, 0.3) is 10.9 Å². The number of nitrogens with zero attached hydrogens (tertiary/aromatic N) is 1. The number of phenolic OH excluding ortho intramolecular Hbond substituents is 2. The van der Waals surface area contributed by atoms with E-state index in [0.29, 0.717) is 12.1 Å². The van der Waals surface area contributed by atoms with E-state index in [1.807, 2.05) is 0 Å². The Labute approximate surface area is 112 Å². The van der Waals surface area contributed by atoms with Crippen molar-refractivity contribution in [2.24, 2.45) is 5.73 Å². The standard InChI is InChI=1S/C12H11ClN2O4/c1-2-15-4-5(12(14)19)10(17)8-6(15)3-7(16)11(18)9(8)13/h3-4,16,18H,2H2,1H3,(H2,14,19). The summed E-state index contributed by atoms with van der Waals surface area (Å²) in [6, 6.07) is 1.21. The molecule has 0 bridgehead atoms. The van der Waals surface area contributed by atoms with Crippen molar-refractivity contribution in [3.63, 3.8) is 0 Å². The summed E-state index contributed by atoms with van der Waals surface area (Å²) in [7, 11) is 0. The maximum Gasteiger partial charge on any atom is 0.254 e. The van der Waals surface area contributed by atoms with E-state index < -0.39 is 22.8 Å². The lowest BCUT2D eigenvalue weighted by Crippen LogP contribution is -2.24. The van der Waals surface area contributed by atoms with Crippen molar-refractivity contribution in [1.82, 2.24) is 4.57 Å². The molecule has 6 nitrogen and oxygen atoms in total. The fourth-order valence-electron chi connectivity index (χ4n) is 1.91. The van der Waals surface area contributed by atoms with Gasteiger partial charge in [0, 0.05) is 18.8 Å². The van der Waals surface area contributed by atoms with Gasteiger partial charge in [0.25, 0.3) is 5.91 Å². The summed E-state index contributed by atoms with van der Waals surface area (Å²) >= 11 is 5.87. The Morgan fingerprint density at radius 2 is 2.11 bits per heavy atom. The zero-order valence-electron chi connectivity index (χ0n) is 9.98. The lowest BCUT2D eigenvalue weighted by molar-refractivity contribution is 0.0999. The molecule has 0 saturated carbocycles. The van der Waals surface area contributed by atoms with Crippen LogP contribution in [0.3, 0.4) is 0 Å². The number of nitrogens with two attached hydrogens (primary N) is 1. The minimum atomic E-state index is -0.877. The second kappa shape index (κ2) is 4.47. The number of aromatic hydroxyl groups is 2. The van der Waals surface area contributed by atoms with Gasteiger partial charge in [-0.15, -0.1) is 0 Å². The van der Waals surface area contributed by atoms with Crippen molar-refractivity contribution in [2.45, 2.75) is 13.5 Å². The van der Waals surface area contributed by atoms with Crippen molar-refractivity contribution in [1.29, 1.82) is 0 Å². The zero-order chi connectivity index (χ0) is 14.3. The first-order valence-electron chi connectivity index (χ1n) is 5.45. The Hall–Kier alpha value is -2.21. The molecular formula is C12H11ClN2O4. The summed E-state index contributed by atoms with van der Waals surface area (Å²) in [4.78, 5) is 23.4. The van der Waals surface area contributed by atoms with Crippen LogP contribution in [0.4, 0.5) is 0 Å². The fraction of sp³-hybridized carbons (Fsp3) is 0.167. The lowest BCUT2D eigenvalue weighted by atomic mass is 10.1. The molecule has 2 aromatic rings. The highest BCUT2D eigenvalue weighted by Gasteiger charge is 2.19. The minimum absolute atomic E-state index is 0.0462. The van der Waals surface area contributed by atoms with Gasteiger partial charge in [0.2, 0.25) is 5.43 Å². The number of carbonyl (C=O) groups excluding carboxylic acids is 1. The maximum atomic E-state index is 12.1. The smallest absolute Gasteiger partial charge is 0.254 e. The summed E-state index contributed by atoms with van der Waals surface area (Å²) in [5.74, 6) is -1.92. The first kappa shape index (κ1) is 13.2. The van der Waals surface area contributed by atoms with Crippen LogP contribution in [0.5, 0.6) is 11.5 Å².